The zero-order valence-electron chi connectivity index (χ0n) is 9.68. The summed E-state index contributed by atoms with van der Waals surface area (Å²) in [5.41, 5.74) is 8.50. The quantitative estimate of drug-likeness (QED) is 0.475. The zero-order valence-corrected chi connectivity index (χ0v) is 10.5. The number of nitrogens with two attached hydrogens (primary N) is 1. The van der Waals surface area contributed by atoms with Gasteiger partial charge in [0.05, 0.1) is 0 Å². The van der Waals surface area contributed by atoms with Crippen LogP contribution in [0.1, 0.15) is 11.1 Å². The van der Waals surface area contributed by atoms with Crippen LogP contribution < -0.4 is 5.73 Å². The molecule has 0 amide bonds. The van der Waals surface area contributed by atoms with Crippen molar-refractivity contribution in [2.75, 3.05) is 5.73 Å². The van der Waals surface area contributed by atoms with Crippen LogP contribution in [0.4, 0.5) is 5.69 Å². The molecule has 1 aromatic heterocycles. The highest BCUT2D eigenvalue weighted by molar-refractivity contribution is 7.17. The number of rotatable bonds is 0. The molecule has 1 nitrogen and oxygen atoms in total. The molecule has 0 unspecified atom stereocenters. The van der Waals surface area contributed by atoms with Gasteiger partial charge < -0.3 is 5.73 Å². The Morgan fingerprint density at radius 2 is 1.83 bits per heavy atom. The number of hydrogen-bond acceptors (Lipinski definition) is 2. The van der Waals surface area contributed by atoms with E-state index in [-0.39, 0.29) is 0 Å². The second-order valence-electron chi connectivity index (χ2n) is 4.02. The third kappa shape index (κ3) is 2.09. The summed E-state index contributed by atoms with van der Waals surface area (Å²) in [7, 11) is 0. The first-order chi connectivity index (χ1) is 8.83. The minimum Gasteiger partial charge on any atom is -0.399 e. The van der Waals surface area contributed by atoms with E-state index in [1.165, 1.54) is 10.1 Å². The Hall–Kier alpha value is -2.24. The number of fused-ring (bicyclic) bond motifs is 1. The van der Waals surface area contributed by atoms with Crippen LogP contribution in [-0.2, 0) is 0 Å². The van der Waals surface area contributed by atoms with Crippen molar-refractivity contribution in [3.8, 4) is 11.8 Å². The summed E-state index contributed by atoms with van der Waals surface area (Å²) in [4.78, 5) is 0. The normalized spacial score (nSPS) is 10.0. The van der Waals surface area contributed by atoms with E-state index >= 15 is 0 Å². The summed E-state index contributed by atoms with van der Waals surface area (Å²) in [6.07, 6.45) is 0. The van der Waals surface area contributed by atoms with Crippen molar-refractivity contribution in [2.45, 2.75) is 0 Å². The first-order valence-electron chi connectivity index (χ1n) is 5.67. The van der Waals surface area contributed by atoms with E-state index in [9.17, 15) is 0 Å². The summed E-state index contributed by atoms with van der Waals surface area (Å²) in [6.45, 7) is 0. The molecule has 0 fully saturated rings. The van der Waals surface area contributed by atoms with Crippen LogP contribution in [0.15, 0.2) is 53.9 Å². The third-order valence-electron chi connectivity index (χ3n) is 2.71. The fraction of sp³-hybridized carbons (Fsp3) is 0. The van der Waals surface area contributed by atoms with E-state index in [0.29, 0.717) is 0 Å². The van der Waals surface area contributed by atoms with Crippen LogP contribution in [0, 0.1) is 11.8 Å². The molecule has 18 heavy (non-hydrogen) atoms. The molecule has 0 bridgehead atoms. The minimum atomic E-state index is 0.746. The van der Waals surface area contributed by atoms with Gasteiger partial charge >= 0.3 is 0 Å². The molecular formula is C16H11NS. The van der Waals surface area contributed by atoms with Gasteiger partial charge in [-0.3, -0.25) is 0 Å². The molecule has 2 heteroatoms. The van der Waals surface area contributed by atoms with Crippen molar-refractivity contribution >= 4 is 27.1 Å². The first kappa shape index (κ1) is 10.9. The SMILES string of the molecule is Nc1cccc(C#Cc2cccc3ccsc23)c1. The lowest BCUT2D eigenvalue weighted by molar-refractivity contribution is 1.63. The fourth-order valence-electron chi connectivity index (χ4n) is 1.85. The second kappa shape index (κ2) is 4.56. The Morgan fingerprint density at radius 1 is 0.944 bits per heavy atom. The van der Waals surface area contributed by atoms with Gasteiger partial charge in [-0.05, 0) is 41.1 Å². The monoisotopic (exact) mass is 249 g/mol. The number of hydrogen-bond donors (Lipinski definition) is 1. The Kier molecular flexibility index (Phi) is 2.76. The molecule has 3 rings (SSSR count). The molecule has 1 heterocycles. The van der Waals surface area contributed by atoms with Crippen LogP contribution in [0.5, 0.6) is 0 Å². The average Bonchev–Trinajstić information content (AvgIpc) is 2.85. The van der Waals surface area contributed by atoms with Crippen LogP contribution in [0.2, 0.25) is 0 Å². The lowest BCUT2D eigenvalue weighted by atomic mass is 10.1. The highest BCUT2D eigenvalue weighted by atomic mass is 32.1. The van der Waals surface area contributed by atoms with E-state index in [1.807, 2.05) is 30.3 Å². The van der Waals surface area contributed by atoms with Gasteiger partial charge in [-0.2, -0.15) is 0 Å². The molecule has 0 aliphatic heterocycles. The van der Waals surface area contributed by atoms with Crippen molar-refractivity contribution in [3.05, 3.63) is 65.0 Å². The maximum absolute atomic E-state index is 5.74. The number of benzene rings is 2. The molecule has 0 saturated heterocycles. The first-order valence-corrected chi connectivity index (χ1v) is 6.55. The van der Waals surface area contributed by atoms with Gasteiger partial charge in [-0.1, -0.05) is 30.0 Å². The number of anilines is 1. The van der Waals surface area contributed by atoms with Gasteiger partial charge in [0.25, 0.3) is 0 Å². The molecule has 0 spiro atoms. The van der Waals surface area contributed by atoms with Gasteiger partial charge in [0.15, 0.2) is 0 Å². The molecular weight excluding hydrogens is 238 g/mol. The molecule has 0 radical (unpaired) electrons. The predicted molar refractivity (Wildman–Crippen MR) is 78.7 cm³/mol. The Morgan fingerprint density at radius 3 is 2.72 bits per heavy atom. The van der Waals surface area contributed by atoms with E-state index < -0.39 is 0 Å². The van der Waals surface area contributed by atoms with Crippen molar-refractivity contribution in [3.63, 3.8) is 0 Å². The second-order valence-corrected chi connectivity index (χ2v) is 4.94. The van der Waals surface area contributed by atoms with Gasteiger partial charge in [0.2, 0.25) is 0 Å². The molecule has 0 atom stereocenters. The van der Waals surface area contributed by atoms with Crippen molar-refractivity contribution < 1.29 is 0 Å². The highest BCUT2D eigenvalue weighted by Crippen LogP contribution is 2.23. The summed E-state index contributed by atoms with van der Waals surface area (Å²) >= 11 is 1.73. The smallest absolute Gasteiger partial charge is 0.0499 e. The Labute approximate surface area is 110 Å². The van der Waals surface area contributed by atoms with Gasteiger partial charge in [0, 0.05) is 21.5 Å². The number of nitrogen functional groups attached to an aromatic ring is 1. The van der Waals surface area contributed by atoms with Gasteiger partial charge in [-0.25, -0.2) is 0 Å². The molecule has 2 N–H and O–H groups in total. The van der Waals surface area contributed by atoms with E-state index in [1.54, 1.807) is 11.3 Å². The molecule has 86 valence electrons. The molecule has 2 aromatic carbocycles. The molecule has 0 aliphatic carbocycles. The summed E-state index contributed by atoms with van der Waals surface area (Å²) in [6, 6.07) is 16.0. The summed E-state index contributed by atoms with van der Waals surface area (Å²) in [5.74, 6) is 6.38. The third-order valence-corrected chi connectivity index (χ3v) is 3.67. The fourth-order valence-corrected chi connectivity index (χ4v) is 2.72. The van der Waals surface area contributed by atoms with E-state index in [2.05, 4.69) is 35.4 Å². The Bertz CT molecular complexity index is 759. The van der Waals surface area contributed by atoms with Crippen molar-refractivity contribution in [1.29, 1.82) is 0 Å². The van der Waals surface area contributed by atoms with E-state index in [4.69, 9.17) is 5.73 Å². The van der Waals surface area contributed by atoms with Crippen molar-refractivity contribution in [2.24, 2.45) is 0 Å². The molecule has 0 saturated carbocycles. The van der Waals surface area contributed by atoms with Gasteiger partial charge in [-0.15, -0.1) is 11.3 Å². The van der Waals surface area contributed by atoms with Crippen LogP contribution in [-0.4, -0.2) is 0 Å². The lowest BCUT2D eigenvalue weighted by Crippen LogP contribution is -1.84. The van der Waals surface area contributed by atoms with Crippen LogP contribution in [0.3, 0.4) is 0 Å². The van der Waals surface area contributed by atoms with Crippen LogP contribution >= 0.6 is 11.3 Å². The number of thiophene rings is 1. The highest BCUT2D eigenvalue weighted by Gasteiger charge is 1.98. The largest absolute Gasteiger partial charge is 0.399 e. The summed E-state index contributed by atoms with van der Waals surface area (Å²) in [5, 5.41) is 3.34. The lowest BCUT2D eigenvalue weighted by Gasteiger charge is -1.94. The molecule has 0 aliphatic rings. The standard InChI is InChI=1S/C16H11NS/c17-15-6-1-3-12(11-15)7-8-13-4-2-5-14-9-10-18-16(13)14/h1-6,9-11H,17H2. The van der Waals surface area contributed by atoms with Gasteiger partial charge in [0.1, 0.15) is 0 Å². The molecule has 3 aromatic rings. The maximum Gasteiger partial charge on any atom is 0.0499 e. The van der Waals surface area contributed by atoms with E-state index in [0.717, 1.165) is 16.8 Å². The maximum atomic E-state index is 5.74. The zero-order chi connectivity index (χ0) is 12.4. The van der Waals surface area contributed by atoms with Crippen molar-refractivity contribution in [1.82, 2.24) is 0 Å². The Balaban J connectivity index is 2.05. The van der Waals surface area contributed by atoms with Crippen LogP contribution in [0.25, 0.3) is 10.1 Å². The predicted octanol–water partition coefficient (Wildman–Crippen LogP) is 3.88. The topological polar surface area (TPSA) is 26.0 Å². The summed E-state index contributed by atoms with van der Waals surface area (Å²) < 4.78 is 1.24. The average molecular weight is 249 g/mol. The minimum absolute atomic E-state index is 0.746.